The fourth-order valence-electron chi connectivity index (χ4n) is 1.57. The number of non-ortho nitro benzene ring substituents is 1. The fraction of sp³-hybridized carbons (Fsp3) is 0.364. The van der Waals surface area contributed by atoms with E-state index in [-0.39, 0.29) is 24.6 Å². The van der Waals surface area contributed by atoms with Gasteiger partial charge in [0.15, 0.2) is 6.10 Å². The zero-order chi connectivity index (χ0) is 13.8. The second-order valence-corrected chi connectivity index (χ2v) is 3.84. The molecule has 1 aliphatic rings. The molecule has 2 rings (SSSR count). The monoisotopic (exact) mass is 270 g/mol. The second kappa shape index (κ2) is 5.72. The maximum atomic E-state index is 13.5. The van der Waals surface area contributed by atoms with Gasteiger partial charge in [-0.2, -0.15) is 0 Å². The van der Waals surface area contributed by atoms with Gasteiger partial charge in [0, 0.05) is 12.1 Å². The fourth-order valence-corrected chi connectivity index (χ4v) is 1.57. The maximum absolute atomic E-state index is 13.5. The van der Waals surface area contributed by atoms with Crippen LogP contribution in [0.5, 0.6) is 0 Å². The Balaban J connectivity index is 2.11. The highest BCUT2D eigenvalue weighted by atomic mass is 19.1. The van der Waals surface area contributed by atoms with E-state index < -0.39 is 22.8 Å². The average molecular weight is 270 g/mol. The van der Waals surface area contributed by atoms with Crippen LogP contribution in [0.25, 0.3) is 0 Å². The van der Waals surface area contributed by atoms with Crippen LogP contribution in [0, 0.1) is 15.9 Å². The molecule has 1 N–H and O–H groups in total. The van der Waals surface area contributed by atoms with Crippen LogP contribution in [0.2, 0.25) is 0 Å². The number of halogens is 1. The molecule has 1 aromatic carbocycles. The van der Waals surface area contributed by atoms with E-state index in [1.807, 2.05) is 0 Å². The summed E-state index contributed by atoms with van der Waals surface area (Å²) in [7, 11) is 0. The summed E-state index contributed by atoms with van der Waals surface area (Å²) in [6, 6.07) is 2.90. The normalized spacial score (nSPS) is 18.9. The van der Waals surface area contributed by atoms with Gasteiger partial charge < -0.3 is 14.8 Å². The van der Waals surface area contributed by atoms with Crippen LogP contribution in [-0.4, -0.2) is 36.8 Å². The Morgan fingerprint density at radius 2 is 2.26 bits per heavy atom. The predicted molar refractivity (Wildman–Crippen MR) is 62.2 cm³/mol. The molecule has 1 aromatic rings. The summed E-state index contributed by atoms with van der Waals surface area (Å²) in [5, 5.41) is 12.8. The van der Waals surface area contributed by atoms with Crippen molar-refractivity contribution < 1.29 is 23.6 Å². The van der Waals surface area contributed by atoms with Crippen molar-refractivity contribution in [3.05, 3.63) is 34.1 Å². The minimum atomic E-state index is -0.840. The van der Waals surface area contributed by atoms with Crippen molar-refractivity contribution in [1.82, 2.24) is 0 Å². The van der Waals surface area contributed by atoms with Gasteiger partial charge in [-0.15, -0.1) is 0 Å². The van der Waals surface area contributed by atoms with E-state index in [9.17, 15) is 19.3 Å². The highest BCUT2D eigenvalue weighted by Gasteiger charge is 2.24. The Labute approximate surface area is 107 Å². The van der Waals surface area contributed by atoms with Crippen LogP contribution < -0.4 is 5.32 Å². The number of hydrogen-bond acceptors (Lipinski definition) is 5. The third kappa shape index (κ3) is 3.24. The van der Waals surface area contributed by atoms with E-state index in [4.69, 9.17) is 9.47 Å². The topological polar surface area (TPSA) is 90.7 Å². The van der Waals surface area contributed by atoms with E-state index in [0.717, 1.165) is 18.2 Å². The highest BCUT2D eigenvalue weighted by Crippen LogP contribution is 2.21. The first-order valence-electron chi connectivity index (χ1n) is 5.52. The minimum absolute atomic E-state index is 0.0718. The number of nitrogens with zero attached hydrogens (tertiary/aromatic N) is 1. The summed E-state index contributed by atoms with van der Waals surface area (Å²) in [6.45, 7) is 0.743. The molecule has 102 valence electrons. The zero-order valence-corrected chi connectivity index (χ0v) is 9.80. The molecule has 0 aliphatic carbocycles. The van der Waals surface area contributed by atoms with Crippen LogP contribution in [0.4, 0.5) is 15.8 Å². The molecular formula is C11H11FN2O5. The summed E-state index contributed by atoms with van der Waals surface area (Å²) in [5.74, 6) is -1.35. The van der Waals surface area contributed by atoms with E-state index in [0.29, 0.717) is 6.61 Å². The Kier molecular flexibility index (Phi) is 4.03. The van der Waals surface area contributed by atoms with Gasteiger partial charge in [-0.1, -0.05) is 0 Å². The molecule has 0 radical (unpaired) electrons. The molecule has 0 aromatic heterocycles. The lowest BCUT2D eigenvalue weighted by molar-refractivity contribution is -0.384. The van der Waals surface area contributed by atoms with Gasteiger partial charge in [0.25, 0.3) is 11.6 Å². The van der Waals surface area contributed by atoms with Gasteiger partial charge in [-0.3, -0.25) is 14.9 Å². The number of carbonyl (C=O) groups excluding carboxylic acids is 1. The van der Waals surface area contributed by atoms with Crippen molar-refractivity contribution in [3.63, 3.8) is 0 Å². The summed E-state index contributed by atoms with van der Waals surface area (Å²) < 4.78 is 23.6. The van der Waals surface area contributed by atoms with Crippen LogP contribution in [-0.2, 0) is 14.3 Å². The van der Waals surface area contributed by atoms with Crippen molar-refractivity contribution in [1.29, 1.82) is 0 Å². The number of anilines is 1. The maximum Gasteiger partial charge on any atom is 0.271 e. The van der Waals surface area contributed by atoms with Crippen molar-refractivity contribution in [2.75, 3.05) is 25.1 Å². The van der Waals surface area contributed by atoms with Gasteiger partial charge in [0.2, 0.25) is 0 Å². The molecule has 1 amide bonds. The van der Waals surface area contributed by atoms with Crippen LogP contribution in [0.1, 0.15) is 0 Å². The number of amides is 1. The summed E-state index contributed by atoms with van der Waals surface area (Å²) in [5.41, 5.74) is -0.564. The molecule has 1 heterocycles. The third-order valence-electron chi connectivity index (χ3n) is 2.53. The van der Waals surface area contributed by atoms with Crippen molar-refractivity contribution in [2.45, 2.75) is 6.10 Å². The van der Waals surface area contributed by atoms with Crippen molar-refractivity contribution >= 4 is 17.3 Å². The Morgan fingerprint density at radius 3 is 2.89 bits per heavy atom. The molecule has 1 aliphatic heterocycles. The summed E-state index contributed by atoms with van der Waals surface area (Å²) in [4.78, 5) is 21.7. The number of carbonyl (C=O) groups is 1. The number of ether oxygens (including phenoxy) is 2. The third-order valence-corrected chi connectivity index (χ3v) is 2.53. The quantitative estimate of drug-likeness (QED) is 0.655. The van der Waals surface area contributed by atoms with Crippen LogP contribution >= 0.6 is 0 Å². The average Bonchev–Trinajstić information content (AvgIpc) is 2.42. The first kappa shape index (κ1) is 13.4. The second-order valence-electron chi connectivity index (χ2n) is 3.84. The molecule has 0 spiro atoms. The van der Waals surface area contributed by atoms with Gasteiger partial charge in [-0.25, -0.2) is 4.39 Å². The van der Waals surface area contributed by atoms with Gasteiger partial charge in [-0.05, 0) is 6.07 Å². The standard InChI is InChI=1S/C11H11FN2O5/c12-8-2-1-7(14(16)17)5-9(8)13-11(15)10-6-18-3-4-19-10/h1-2,5,10H,3-4,6H2,(H,13,15). The molecule has 1 saturated heterocycles. The molecule has 8 heteroatoms. The number of benzene rings is 1. The minimum Gasteiger partial charge on any atom is -0.376 e. The molecule has 1 atom stereocenters. The molecule has 19 heavy (non-hydrogen) atoms. The van der Waals surface area contributed by atoms with E-state index >= 15 is 0 Å². The predicted octanol–water partition coefficient (Wildman–Crippen LogP) is 1.09. The molecular weight excluding hydrogens is 259 g/mol. The lowest BCUT2D eigenvalue weighted by Crippen LogP contribution is -2.39. The first-order chi connectivity index (χ1) is 9.08. The number of rotatable bonds is 3. The number of hydrogen-bond donors (Lipinski definition) is 1. The largest absolute Gasteiger partial charge is 0.376 e. The molecule has 1 unspecified atom stereocenters. The SMILES string of the molecule is O=C(Nc1cc([N+](=O)[O-])ccc1F)C1COCCO1. The van der Waals surface area contributed by atoms with Crippen LogP contribution in [0.15, 0.2) is 18.2 Å². The number of nitrogens with one attached hydrogen (secondary N) is 1. The van der Waals surface area contributed by atoms with E-state index in [1.54, 1.807) is 0 Å². The molecule has 0 bridgehead atoms. The number of nitro groups is 1. The first-order valence-corrected chi connectivity index (χ1v) is 5.52. The van der Waals surface area contributed by atoms with Gasteiger partial charge >= 0.3 is 0 Å². The van der Waals surface area contributed by atoms with E-state index in [1.165, 1.54) is 0 Å². The van der Waals surface area contributed by atoms with Crippen molar-refractivity contribution in [2.24, 2.45) is 0 Å². The van der Waals surface area contributed by atoms with Crippen molar-refractivity contribution in [3.8, 4) is 0 Å². The lowest BCUT2D eigenvalue weighted by Gasteiger charge is -2.22. The van der Waals surface area contributed by atoms with Gasteiger partial charge in [0.1, 0.15) is 5.82 Å². The Hall–Kier alpha value is -2.06. The molecule has 1 fully saturated rings. The van der Waals surface area contributed by atoms with Gasteiger partial charge in [0.05, 0.1) is 30.4 Å². The molecule has 7 nitrogen and oxygen atoms in total. The Morgan fingerprint density at radius 1 is 1.47 bits per heavy atom. The lowest BCUT2D eigenvalue weighted by atomic mass is 10.2. The summed E-state index contributed by atoms with van der Waals surface area (Å²) in [6.07, 6.45) is -0.840. The zero-order valence-electron chi connectivity index (χ0n) is 9.80. The highest BCUT2D eigenvalue weighted by molar-refractivity contribution is 5.94. The Bertz CT molecular complexity index is 502. The van der Waals surface area contributed by atoms with E-state index in [2.05, 4.69) is 5.32 Å². The molecule has 0 saturated carbocycles. The number of nitro benzene ring substituents is 1. The smallest absolute Gasteiger partial charge is 0.271 e. The van der Waals surface area contributed by atoms with Crippen LogP contribution in [0.3, 0.4) is 0 Å². The summed E-state index contributed by atoms with van der Waals surface area (Å²) >= 11 is 0.